The number of halogens is 1. The van der Waals surface area contributed by atoms with Crippen LogP contribution >= 0.6 is 0 Å². The molecule has 2 aromatic carbocycles. The molecule has 3 atom stereocenters. The number of hydrogen-bond donors (Lipinski definition) is 3. The summed E-state index contributed by atoms with van der Waals surface area (Å²) in [6.45, 7) is 2.90. The Morgan fingerprint density at radius 3 is 2.60 bits per heavy atom. The van der Waals surface area contributed by atoms with E-state index in [1.165, 1.54) is 12.1 Å². The third-order valence-electron chi connectivity index (χ3n) is 8.84. The Balaban J connectivity index is 1.28. The van der Waals surface area contributed by atoms with Crippen LogP contribution in [0.15, 0.2) is 66.7 Å². The molecular formula is C33H41FN4O4. The number of allylic oxidation sites excluding steroid dienone is 2. The average Bonchev–Trinajstić information content (AvgIpc) is 2.99. The van der Waals surface area contributed by atoms with E-state index in [0.29, 0.717) is 64.0 Å². The lowest BCUT2D eigenvalue weighted by atomic mass is 9.75. The highest BCUT2D eigenvalue weighted by atomic mass is 19.1. The minimum absolute atomic E-state index is 0.0691. The van der Waals surface area contributed by atoms with Gasteiger partial charge in [0.15, 0.2) is 0 Å². The van der Waals surface area contributed by atoms with Crippen molar-refractivity contribution >= 4 is 17.7 Å². The molecule has 9 heteroatoms. The number of ether oxygens (including phenoxy) is 1. The average molecular weight is 577 g/mol. The first-order valence-electron chi connectivity index (χ1n) is 15.0. The van der Waals surface area contributed by atoms with Crippen LogP contribution in [0, 0.1) is 17.2 Å². The molecule has 2 saturated heterocycles. The summed E-state index contributed by atoms with van der Waals surface area (Å²) in [5, 5.41) is 9.29. The fourth-order valence-corrected chi connectivity index (χ4v) is 6.31. The Labute approximate surface area is 247 Å². The SMILES string of the molecule is O=C(CN1CC[C@@H]2NC(=O)[C@@H](Cc3ccccc3)NC(=O)C3(C/C=C/C[C@@H]2C1)CCOCC3)NCc1cccc(F)c1. The van der Waals surface area contributed by atoms with Gasteiger partial charge in [0.25, 0.3) is 0 Å². The minimum atomic E-state index is -0.685. The Morgan fingerprint density at radius 1 is 1.02 bits per heavy atom. The minimum Gasteiger partial charge on any atom is -0.381 e. The number of carbonyl (C=O) groups is 3. The summed E-state index contributed by atoms with van der Waals surface area (Å²) in [5.41, 5.74) is 1.11. The van der Waals surface area contributed by atoms with Gasteiger partial charge in [0.2, 0.25) is 17.7 Å². The van der Waals surface area contributed by atoms with Gasteiger partial charge in [-0.3, -0.25) is 19.3 Å². The third kappa shape index (κ3) is 7.83. The van der Waals surface area contributed by atoms with Crippen molar-refractivity contribution in [3.63, 3.8) is 0 Å². The van der Waals surface area contributed by atoms with E-state index < -0.39 is 11.5 Å². The Kier molecular flexibility index (Phi) is 10.0. The maximum absolute atomic E-state index is 13.7. The smallest absolute Gasteiger partial charge is 0.243 e. The third-order valence-corrected chi connectivity index (χ3v) is 8.84. The van der Waals surface area contributed by atoms with Gasteiger partial charge in [-0.2, -0.15) is 0 Å². The van der Waals surface area contributed by atoms with Gasteiger partial charge in [-0.1, -0.05) is 54.6 Å². The van der Waals surface area contributed by atoms with E-state index in [1.807, 2.05) is 30.3 Å². The molecule has 3 heterocycles. The van der Waals surface area contributed by atoms with Gasteiger partial charge >= 0.3 is 0 Å². The second-order valence-electron chi connectivity index (χ2n) is 11.8. The fraction of sp³-hybridized carbons (Fsp3) is 0.485. The highest BCUT2D eigenvalue weighted by Gasteiger charge is 2.41. The lowest BCUT2D eigenvalue weighted by Crippen LogP contribution is -2.58. The van der Waals surface area contributed by atoms with Gasteiger partial charge in [0, 0.05) is 45.3 Å². The normalized spacial score (nSPS) is 25.7. The number of rotatable bonds is 6. The molecule has 3 aliphatic heterocycles. The zero-order valence-electron chi connectivity index (χ0n) is 24.0. The molecule has 0 bridgehead atoms. The summed E-state index contributed by atoms with van der Waals surface area (Å²) < 4.78 is 19.1. The summed E-state index contributed by atoms with van der Waals surface area (Å²) in [6, 6.07) is 15.2. The number of hydrogen-bond acceptors (Lipinski definition) is 5. The molecule has 224 valence electrons. The van der Waals surface area contributed by atoms with E-state index in [9.17, 15) is 18.8 Å². The van der Waals surface area contributed by atoms with E-state index in [1.54, 1.807) is 12.1 Å². The van der Waals surface area contributed by atoms with Crippen LogP contribution in [0.3, 0.4) is 0 Å². The predicted octanol–water partition coefficient (Wildman–Crippen LogP) is 3.12. The van der Waals surface area contributed by atoms with Crippen molar-refractivity contribution in [2.24, 2.45) is 11.3 Å². The highest BCUT2D eigenvalue weighted by Crippen LogP contribution is 2.36. The number of amides is 3. The van der Waals surface area contributed by atoms with Crippen LogP contribution in [0.2, 0.25) is 0 Å². The fourth-order valence-electron chi connectivity index (χ4n) is 6.31. The number of fused-ring (bicyclic) bond motifs is 1. The summed E-state index contributed by atoms with van der Waals surface area (Å²) >= 11 is 0. The van der Waals surface area contributed by atoms with Crippen LogP contribution in [0.5, 0.6) is 0 Å². The van der Waals surface area contributed by atoms with Crippen molar-refractivity contribution in [1.29, 1.82) is 0 Å². The van der Waals surface area contributed by atoms with Crippen molar-refractivity contribution in [2.75, 3.05) is 32.8 Å². The highest BCUT2D eigenvalue weighted by molar-refractivity contribution is 5.90. The molecule has 2 fully saturated rings. The Bertz CT molecular complexity index is 1260. The Hall–Kier alpha value is -3.56. The molecule has 3 aliphatic rings. The predicted molar refractivity (Wildman–Crippen MR) is 158 cm³/mol. The maximum atomic E-state index is 13.7. The van der Waals surface area contributed by atoms with Crippen molar-refractivity contribution in [3.05, 3.63) is 83.7 Å². The quantitative estimate of drug-likeness (QED) is 0.459. The number of nitrogens with zero attached hydrogens (tertiary/aromatic N) is 1. The van der Waals surface area contributed by atoms with Gasteiger partial charge in [-0.15, -0.1) is 0 Å². The monoisotopic (exact) mass is 576 g/mol. The standard InChI is InChI=1S/C33H41FN4O4/c34-27-11-6-9-25(19-27)21-35-30(39)23-38-16-12-28-26(22-38)10-4-5-13-33(14-17-42-18-15-33)32(41)37-29(31(40)36-28)20-24-7-2-1-3-8-24/h1-9,11,19,26,28-29H,10,12-18,20-23H2,(H,35,39)(H,36,40)(H,37,41)/b5-4+/t26-,28+,29-/m1/s1. The van der Waals surface area contributed by atoms with Crippen LogP contribution in [0.1, 0.15) is 43.2 Å². The molecule has 5 rings (SSSR count). The molecule has 0 aromatic heterocycles. The Morgan fingerprint density at radius 2 is 1.81 bits per heavy atom. The van der Waals surface area contributed by atoms with Crippen LogP contribution in [-0.4, -0.2) is 67.6 Å². The molecule has 3 N–H and O–H groups in total. The van der Waals surface area contributed by atoms with E-state index in [2.05, 4.69) is 33.0 Å². The number of benzene rings is 2. The summed E-state index contributed by atoms with van der Waals surface area (Å²) in [5.74, 6) is -0.571. The van der Waals surface area contributed by atoms with E-state index >= 15 is 0 Å². The molecule has 0 aliphatic carbocycles. The van der Waals surface area contributed by atoms with Crippen molar-refractivity contribution in [1.82, 2.24) is 20.9 Å². The maximum Gasteiger partial charge on any atom is 0.243 e. The molecule has 42 heavy (non-hydrogen) atoms. The zero-order chi connectivity index (χ0) is 29.4. The van der Waals surface area contributed by atoms with Gasteiger partial charge in [0.1, 0.15) is 11.9 Å². The molecule has 0 saturated carbocycles. The number of likely N-dealkylation sites (tertiary alicyclic amines) is 1. The molecule has 0 unspecified atom stereocenters. The molecule has 8 nitrogen and oxygen atoms in total. The van der Waals surface area contributed by atoms with Crippen molar-refractivity contribution in [2.45, 2.75) is 57.2 Å². The van der Waals surface area contributed by atoms with E-state index in [0.717, 1.165) is 12.0 Å². The molecule has 1 spiro atoms. The first kappa shape index (κ1) is 29.9. The second-order valence-corrected chi connectivity index (χ2v) is 11.8. The van der Waals surface area contributed by atoms with Crippen LogP contribution in [-0.2, 0) is 32.1 Å². The first-order valence-corrected chi connectivity index (χ1v) is 15.0. The van der Waals surface area contributed by atoms with Gasteiger partial charge in [-0.05, 0) is 61.3 Å². The molecular weight excluding hydrogens is 535 g/mol. The summed E-state index contributed by atoms with van der Waals surface area (Å²) in [4.78, 5) is 42.3. The largest absolute Gasteiger partial charge is 0.381 e. The number of carbonyl (C=O) groups excluding carboxylic acids is 3. The number of nitrogens with one attached hydrogen (secondary N) is 3. The lowest BCUT2D eigenvalue weighted by Gasteiger charge is -2.40. The van der Waals surface area contributed by atoms with Crippen LogP contribution in [0.25, 0.3) is 0 Å². The molecule has 0 radical (unpaired) electrons. The molecule has 2 aromatic rings. The molecule has 3 amide bonds. The second kappa shape index (κ2) is 14.1. The van der Waals surface area contributed by atoms with Gasteiger partial charge < -0.3 is 20.7 Å². The van der Waals surface area contributed by atoms with Crippen LogP contribution in [0.4, 0.5) is 4.39 Å². The topological polar surface area (TPSA) is 99.8 Å². The van der Waals surface area contributed by atoms with Crippen molar-refractivity contribution < 1.29 is 23.5 Å². The lowest BCUT2D eigenvalue weighted by molar-refractivity contribution is -0.140. The van der Waals surface area contributed by atoms with Crippen molar-refractivity contribution in [3.8, 4) is 0 Å². The summed E-state index contributed by atoms with van der Waals surface area (Å²) in [6.07, 6.45) is 7.94. The zero-order valence-corrected chi connectivity index (χ0v) is 24.0. The van der Waals surface area contributed by atoms with Gasteiger partial charge in [-0.25, -0.2) is 4.39 Å². The van der Waals surface area contributed by atoms with Gasteiger partial charge in [0.05, 0.1) is 12.0 Å². The first-order chi connectivity index (χ1) is 20.4. The van der Waals surface area contributed by atoms with E-state index in [4.69, 9.17) is 4.74 Å². The number of piperidine rings is 1. The van der Waals surface area contributed by atoms with Crippen LogP contribution < -0.4 is 16.0 Å². The van der Waals surface area contributed by atoms with E-state index in [-0.39, 0.29) is 48.6 Å². The summed E-state index contributed by atoms with van der Waals surface area (Å²) in [7, 11) is 0.